The molecule has 0 spiro atoms. The summed E-state index contributed by atoms with van der Waals surface area (Å²) in [6, 6.07) is 0.342. The van der Waals surface area contributed by atoms with Crippen molar-refractivity contribution in [3.05, 3.63) is 0 Å². The van der Waals surface area contributed by atoms with Crippen LogP contribution in [-0.4, -0.2) is 36.5 Å². The summed E-state index contributed by atoms with van der Waals surface area (Å²) < 4.78 is 0. The Morgan fingerprint density at radius 3 is 2.50 bits per heavy atom. The van der Waals surface area contributed by atoms with Crippen molar-refractivity contribution in [1.29, 1.82) is 0 Å². The number of carbonyl (C=O) groups is 1. The molecule has 0 aliphatic carbocycles. The average Bonchev–Trinajstić information content (AvgIpc) is 2.26. The molecule has 1 heterocycles. The number of carbonyl (C=O) groups excluding carboxylic acids is 1. The van der Waals surface area contributed by atoms with E-state index in [0.717, 1.165) is 45.3 Å². The highest BCUT2D eigenvalue weighted by atomic mass is 16.2. The number of nitrogens with zero attached hydrogens (tertiary/aromatic N) is 1. The van der Waals surface area contributed by atoms with E-state index >= 15 is 0 Å². The third-order valence-electron chi connectivity index (χ3n) is 3.33. The average molecular weight is 226 g/mol. The van der Waals surface area contributed by atoms with E-state index in [1.807, 2.05) is 4.90 Å². The monoisotopic (exact) mass is 226 g/mol. The first-order valence-corrected chi connectivity index (χ1v) is 6.65. The minimum atomic E-state index is 0.342. The molecule has 94 valence electrons. The van der Waals surface area contributed by atoms with Crippen molar-refractivity contribution in [3.63, 3.8) is 0 Å². The van der Waals surface area contributed by atoms with E-state index in [1.54, 1.807) is 0 Å². The summed E-state index contributed by atoms with van der Waals surface area (Å²) in [6.07, 6.45) is 4.11. The fourth-order valence-corrected chi connectivity index (χ4v) is 2.36. The minimum absolute atomic E-state index is 0.342. The SMILES string of the molecule is CCCN(C(=O)CC1CCNCC1)C(C)C. The van der Waals surface area contributed by atoms with Crippen LogP contribution in [0.25, 0.3) is 0 Å². The van der Waals surface area contributed by atoms with Gasteiger partial charge in [0.2, 0.25) is 5.91 Å². The van der Waals surface area contributed by atoms with Gasteiger partial charge < -0.3 is 10.2 Å². The maximum atomic E-state index is 12.1. The first-order valence-electron chi connectivity index (χ1n) is 6.65. The van der Waals surface area contributed by atoms with Gasteiger partial charge in [0.25, 0.3) is 0 Å². The smallest absolute Gasteiger partial charge is 0.223 e. The van der Waals surface area contributed by atoms with Crippen molar-refractivity contribution in [3.8, 4) is 0 Å². The second kappa shape index (κ2) is 6.89. The Balaban J connectivity index is 2.40. The number of nitrogens with one attached hydrogen (secondary N) is 1. The van der Waals surface area contributed by atoms with Crippen LogP contribution < -0.4 is 5.32 Å². The van der Waals surface area contributed by atoms with Gasteiger partial charge in [-0.1, -0.05) is 6.92 Å². The molecular weight excluding hydrogens is 200 g/mol. The molecule has 0 saturated carbocycles. The van der Waals surface area contributed by atoms with Crippen LogP contribution in [0.5, 0.6) is 0 Å². The molecule has 0 atom stereocenters. The van der Waals surface area contributed by atoms with E-state index in [9.17, 15) is 4.79 Å². The third kappa shape index (κ3) is 4.12. The van der Waals surface area contributed by atoms with Crippen LogP contribution in [0.2, 0.25) is 0 Å². The fourth-order valence-electron chi connectivity index (χ4n) is 2.36. The van der Waals surface area contributed by atoms with Gasteiger partial charge >= 0.3 is 0 Å². The Morgan fingerprint density at radius 1 is 1.38 bits per heavy atom. The van der Waals surface area contributed by atoms with Crippen molar-refractivity contribution in [2.24, 2.45) is 5.92 Å². The Kier molecular flexibility index (Phi) is 5.81. The standard InChI is InChI=1S/C13H26N2O/c1-4-9-15(11(2)3)13(16)10-12-5-7-14-8-6-12/h11-12,14H,4-10H2,1-3H3. The number of amides is 1. The summed E-state index contributed by atoms with van der Waals surface area (Å²) in [6.45, 7) is 9.40. The maximum Gasteiger partial charge on any atom is 0.223 e. The zero-order valence-electron chi connectivity index (χ0n) is 11.0. The summed E-state index contributed by atoms with van der Waals surface area (Å²) in [7, 11) is 0. The summed E-state index contributed by atoms with van der Waals surface area (Å²) in [4.78, 5) is 14.2. The van der Waals surface area contributed by atoms with Crippen molar-refractivity contribution < 1.29 is 4.79 Å². The van der Waals surface area contributed by atoms with E-state index in [1.165, 1.54) is 0 Å². The summed E-state index contributed by atoms with van der Waals surface area (Å²) in [5.74, 6) is 0.954. The lowest BCUT2D eigenvalue weighted by atomic mass is 9.94. The first-order chi connectivity index (χ1) is 7.65. The van der Waals surface area contributed by atoms with Crippen LogP contribution >= 0.6 is 0 Å². The Hall–Kier alpha value is -0.570. The molecule has 0 bridgehead atoms. The molecule has 1 rings (SSSR count). The fraction of sp³-hybridized carbons (Fsp3) is 0.923. The lowest BCUT2D eigenvalue weighted by Gasteiger charge is -2.29. The molecule has 0 aromatic rings. The van der Waals surface area contributed by atoms with Crippen molar-refractivity contribution in [2.45, 2.75) is 52.5 Å². The molecule has 0 radical (unpaired) electrons. The summed E-state index contributed by atoms with van der Waals surface area (Å²) in [5, 5.41) is 3.34. The van der Waals surface area contributed by atoms with Crippen molar-refractivity contribution in [2.75, 3.05) is 19.6 Å². The van der Waals surface area contributed by atoms with Crippen LogP contribution in [-0.2, 0) is 4.79 Å². The molecular formula is C13H26N2O. The quantitative estimate of drug-likeness (QED) is 0.778. The minimum Gasteiger partial charge on any atom is -0.340 e. The van der Waals surface area contributed by atoms with Gasteiger partial charge in [-0.2, -0.15) is 0 Å². The summed E-state index contributed by atoms with van der Waals surface area (Å²) in [5.41, 5.74) is 0. The molecule has 16 heavy (non-hydrogen) atoms. The topological polar surface area (TPSA) is 32.3 Å². The molecule has 1 aliphatic heterocycles. The predicted molar refractivity (Wildman–Crippen MR) is 67.4 cm³/mol. The molecule has 3 heteroatoms. The highest BCUT2D eigenvalue weighted by molar-refractivity contribution is 5.76. The predicted octanol–water partition coefficient (Wildman–Crippen LogP) is 2.02. The lowest BCUT2D eigenvalue weighted by Crippen LogP contribution is -2.39. The highest BCUT2D eigenvalue weighted by Crippen LogP contribution is 2.18. The second-order valence-electron chi connectivity index (χ2n) is 5.08. The van der Waals surface area contributed by atoms with E-state index in [4.69, 9.17) is 0 Å². The zero-order chi connectivity index (χ0) is 12.0. The molecule has 0 aromatic heterocycles. The molecule has 1 amide bonds. The molecule has 1 N–H and O–H groups in total. The zero-order valence-corrected chi connectivity index (χ0v) is 11.0. The number of hydrogen-bond acceptors (Lipinski definition) is 2. The third-order valence-corrected chi connectivity index (χ3v) is 3.33. The van der Waals surface area contributed by atoms with Crippen molar-refractivity contribution >= 4 is 5.91 Å². The molecule has 0 aromatic carbocycles. The van der Waals surface area contributed by atoms with Gasteiger partial charge in [-0.05, 0) is 52.1 Å². The molecule has 0 unspecified atom stereocenters. The van der Waals surface area contributed by atoms with Crippen LogP contribution in [0, 0.1) is 5.92 Å². The van der Waals surface area contributed by atoms with Gasteiger partial charge in [0.15, 0.2) is 0 Å². The Bertz CT molecular complexity index is 210. The van der Waals surface area contributed by atoms with Crippen LogP contribution in [0.3, 0.4) is 0 Å². The van der Waals surface area contributed by atoms with Gasteiger partial charge in [-0.3, -0.25) is 4.79 Å². The number of rotatable bonds is 5. The number of hydrogen-bond donors (Lipinski definition) is 1. The summed E-state index contributed by atoms with van der Waals surface area (Å²) >= 11 is 0. The lowest BCUT2D eigenvalue weighted by molar-refractivity contribution is -0.134. The van der Waals surface area contributed by atoms with Gasteiger partial charge in [0.05, 0.1) is 0 Å². The normalized spacial score (nSPS) is 17.8. The van der Waals surface area contributed by atoms with Gasteiger partial charge in [0.1, 0.15) is 0 Å². The molecule has 1 fully saturated rings. The van der Waals surface area contributed by atoms with Crippen LogP contribution in [0.4, 0.5) is 0 Å². The largest absolute Gasteiger partial charge is 0.340 e. The van der Waals surface area contributed by atoms with Crippen molar-refractivity contribution in [1.82, 2.24) is 10.2 Å². The van der Waals surface area contributed by atoms with Crippen LogP contribution in [0.1, 0.15) is 46.5 Å². The van der Waals surface area contributed by atoms with Gasteiger partial charge in [-0.25, -0.2) is 0 Å². The van der Waals surface area contributed by atoms with Gasteiger partial charge in [0, 0.05) is 19.0 Å². The van der Waals surface area contributed by atoms with E-state index in [2.05, 4.69) is 26.1 Å². The number of piperidine rings is 1. The van der Waals surface area contributed by atoms with E-state index in [0.29, 0.717) is 17.9 Å². The van der Waals surface area contributed by atoms with E-state index in [-0.39, 0.29) is 0 Å². The first kappa shape index (κ1) is 13.5. The Morgan fingerprint density at radius 2 is 2.00 bits per heavy atom. The van der Waals surface area contributed by atoms with Gasteiger partial charge in [-0.15, -0.1) is 0 Å². The second-order valence-corrected chi connectivity index (χ2v) is 5.08. The molecule has 1 saturated heterocycles. The maximum absolute atomic E-state index is 12.1. The molecule has 1 aliphatic rings. The Labute approximate surface area is 99.6 Å². The van der Waals surface area contributed by atoms with Crippen LogP contribution in [0.15, 0.2) is 0 Å². The highest BCUT2D eigenvalue weighted by Gasteiger charge is 2.21. The van der Waals surface area contributed by atoms with E-state index < -0.39 is 0 Å². The molecule has 3 nitrogen and oxygen atoms in total.